The van der Waals surface area contributed by atoms with Gasteiger partial charge in [-0.25, -0.2) is 4.98 Å². The first kappa shape index (κ1) is 14.9. The van der Waals surface area contributed by atoms with Crippen LogP contribution in [0.5, 0.6) is 0 Å². The number of aliphatic hydroxyl groups is 2. The van der Waals surface area contributed by atoms with Gasteiger partial charge in [-0.1, -0.05) is 13.3 Å². The van der Waals surface area contributed by atoms with Gasteiger partial charge in [0.1, 0.15) is 11.7 Å². The summed E-state index contributed by atoms with van der Waals surface area (Å²) < 4.78 is 7.22. The summed E-state index contributed by atoms with van der Waals surface area (Å²) in [6, 6.07) is 0. The first-order chi connectivity index (χ1) is 10.4. The van der Waals surface area contributed by atoms with E-state index in [0.717, 1.165) is 6.42 Å². The zero-order valence-electron chi connectivity index (χ0n) is 12.4. The number of fused-ring (bicyclic) bond motifs is 1. The molecule has 2 aromatic rings. The normalized spacial score (nSPS) is 31.9. The predicted molar refractivity (Wildman–Crippen MR) is 78.0 cm³/mol. The van der Waals surface area contributed by atoms with Crippen molar-refractivity contribution in [2.75, 3.05) is 5.73 Å². The summed E-state index contributed by atoms with van der Waals surface area (Å²) in [6.07, 6.45) is 0.317. The number of nitrogens with two attached hydrogens (primary N) is 1. The molecule has 120 valence electrons. The number of ether oxygens (including phenoxy) is 1. The summed E-state index contributed by atoms with van der Waals surface area (Å²) >= 11 is 0. The number of imidazole rings is 1. The molecule has 1 aliphatic heterocycles. The number of hydrogen-bond donors (Lipinski definition) is 4. The van der Waals surface area contributed by atoms with Crippen LogP contribution in [0.25, 0.3) is 11.2 Å². The van der Waals surface area contributed by atoms with E-state index in [-0.39, 0.29) is 17.1 Å². The molecule has 9 nitrogen and oxygen atoms in total. The van der Waals surface area contributed by atoms with Gasteiger partial charge in [-0.05, 0) is 13.3 Å². The summed E-state index contributed by atoms with van der Waals surface area (Å²) in [5, 5.41) is 20.9. The summed E-state index contributed by atoms with van der Waals surface area (Å²) in [4.78, 5) is 22.2. The number of nitrogen functional groups attached to an aromatic ring is 1. The summed E-state index contributed by atoms with van der Waals surface area (Å²) in [7, 11) is 0. The Bertz CT molecular complexity index is 752. The Morgan fingerprint density at radius 3 is 3.00 bits per heavy atom. The van der Waals surface area contributed by atoms with E-state index in [1.165, 1.54) is 17.8 Å². The summed E-state index contributed by atoms with van der Waals surface area (Å²) in [6.45, 7) is 3.45. The fourth-order valence-corrected chi connectivity index (χ4v) is 2.87. The maximum atomic E-state index is 11.8. The van der Waals surface area contributed by atoms with Gasteiger partial charge in [0.2, 0.25) is 5.95 Å². The molecule has 4 atom stereocenters. The number of nitrogens with zero attached hydrogens (tertiary/aromatic N) is 3. The SMILES string of the molecule is CCCC1OC(n2cnc3c(=O)[nH]c(N)nc32)C(C)(O)C1O. The van der Waals surface area contributed by atoms with Gasteiger partial charge in [-0.15, -0.1) is 0 Å². The summed E-state index contributed by atoms with van der Waals surface area (Å²) in [5.74, 6) is -0.0532. The number of nitrogens with one attached hydrogen (secondary N) is 1. The van der Waals surface area contributed by atoms with Gasteiger partial charge in [0, 0.05) is 0 Å². The van der Waals surface area contributed by atoms with Crippen molar-refractivity contribution in [3.05, 3.63) is 16.7 Å². The first-order valence-corrected chi connectivity index (χ1v) is 7.14. The third-order valence-corrected chi connectivity index (χ3v) is 4.03. The maximum absolute atomic E-state index is 11.8. The molecule has 0 spiro atoms. The molecule has 1 aliphatic rings. The standard InChI is InChI=1S/C13H19N5O4/c1-3-4-6-8(19)13(2,21)11(22-6)18-5-15-7-9(18)16-12(14)17-10(7)20/h5-6,8,11,19,21H,3-4H2,1-2H3,(H3,14,16,17,20). The van der Waals surface area contributed by atoms with E-state index in [2.05, 4.69) is 15.0 Å². The number of aliphatic hydroxyl groups excluding tert-OH is 1. The number of anilines is 1. The van der Waals surface area contributed by atoms with Crippen LogP contribution >= 0.6 is 0 Å². The first-order valence-electron chi connectivity index (χ1n) is 7.14. The van der Waals surface area contributed by atoms with Crippen molar-refractivity contribution >= 4 is 17.1 Å². The smallest absolute Gasteiger partial charge is 0.280 e. The molecule has 1 fully saturated rings. The summed E-state index contributed by atoms with van der Waals surface area (Å²) in [5.41, 5.74) is 3.86. The maximum Gasteiger partial charge on any atom is 0.280 e. The number of hydrogen-bond acceptors (Lipinski definition) is 7. The Balaban J connectivity index is 2.09. The van der Waals surface area contributed by atoms with Gasteiger partial charge in [-0.2, -0.15) is 4.98 Å². The van der Waals surface area contributed by atoms with Crippen molar-refractivity contribution in [1.29, 1.82) is 0 Å². The highest BCUT2D eigenvalue weighted by molar-refractivity contribution is 5.70. The monoisotopic (exact) mass is 309 g/mol. The van der Waals surface area contributed by atoms with Gasteiger partial charge in [0.05, 0.1) is 12.4 Å². The van der Waals surface area contributed by atoms with E-state index in [0.29, 0.717) is 6.42 Å². The highest BCUT2D eigenvalue weighted by atomic mass is 16.6. The minimum Gasteiger partial charge on any atom is -0.387 e. The molecule has 0 bridgehead atoms. The molecule has 4 unspecified atom stereocenters. The molecule has 0 saturated carbocycles. The van der Waals surface area contributed by atoms with Crippen LogP contribution in [-0.2, 0) is 4.74 Å². The molecule has 3 heterocycles. The zero-order chi connectivity index (χ0) is 16.1. The molecule has 0 radical (unpaired) electrons. The van der Waals surface area contributed by atoms with Crippen LogP contribution in [0.3, 0.4) is 0 Å². The van der Waals surface area contributed by atoms with E-state index < -0.39 is 29.6 Å². The predicted octanol–water partition coefficient (Wildman–Crippen LogP) is -0.489. The van der Waals surface area contributed by atoms with Crippen molar-refractivity contribution in [1.82, 2.24) is 19.5 Å². The van der Waals surface area contributed by atoms with Crippen LogP contribution in [0, 0.1) is 0 Å². The largest absolute Gasteiger partial charge is 0.387 e. The van der Waals surface area contributed by atoms with E-state index in [4.69, 9.17) is 10.5 Å². The molecule has 9 heteroatoms. The van der Waals surface area contributed by atoms with Crippen LogP contribution < -0.4 is 11.3 Å². The second-order valence-corrected chi connectivity index (χ2v) is 5.76. The van der Waals surface area contributed by atoms with Crippen LogP contribution in [0.2, 0.25) is 0 Å². The Labute approximate surface area is 125 Å². The molecule has 0 aromatic carbocycles. The molecular formula is C13H19N5O4. The van der Waals surface area contributed by atoms with Crippen LogP contribution in [-0.4, -0.2) is 47.5 Å². The second kappa shape index (κ2) is 5.04. The van der Waals surface area contributed by atoms with Crippen LogP contribution in [0.1, 0.15) is 32.9 Å². The van der Waals surface area contributed by atoms with Crippen LogP contribution in [0.4, 0.5) is 5.95 Å². The van der Waals surface area contributed by atoms with Crippen molar-refractivity contribution < 1.29 is 14.9 Å². The number of H-pyrrole nitrogens is 1. The van der Waals surface area contributed by atoms with Gasteiger partial charge in [-0.3, -0.25) is 14.3 Å². The van der Waals surface area contributed by atoms with Gasteiger partial charge >= 0.3 is 0 Å². The van der Waals surface area contributed by atoms with Crippen molar-refractivity contribution in [2.45, 2.75) is 50.7 Å². The van der Waals surface area contributed by atoms with E-state index in [9.17, 15) is 15.0 Å². The molecule has 3 rings (SSSR count). The third kappa shape index (κ3) is 2.09. The lowest BCUT2D eigenvalue weighted by atomic mass is 9.94. The van der Waals surface area contributed by atoms with Gasteiger partial charge in [0.15, 0.2) is 17.4 Å². The van der Waals surface area contributed by atoms with E-state index >= 15 is 0 Å². The molecule has 1 saturated heterocycles. The Morgan fingerprint density at radius 2 is 2.32 bits per heavy atom. The van der Waals surface area contributed by atoms with E-state index in [1.807, 2.05) is 6.92 Å². The fraction of sp³-hybridized carbons (Fsp3) is 0.615. The van der Waals surface area contributed by atoms with Gasteiger partial charge < -0.3 is 20.7 Å². The quantitative estimate of drug-likeness (QED) is 0.600. The lowest BCUT2D eigenvalue weighted by Crippen LogP contribution is -2.43. The number of rotatable bonds is 3. The van der Waals surface area contributed by atoms with E-state index in [1.54, 1.807) is 0 Å². The third-order valence-electron chi connectivity index (χ3n) is 4.03. The van der Waals surface area contributed by atoms with Crippen molar-refractivity contribution in [3.63, 3.8) is 0 Å². The van der Waals surface area contributed by atoms with Gasteiger partial charge in [0.25, 0.3) is 5.56 Å². The fourth-order valence-electron chi connectivity index (χ4n) is 2.87. The minimum absolute atomic E-state index is 0.0532. The average Bonchev–Trinajstić information content (AvgIpc) is 2.94. The Kier molecular flexibility index (Phi) is 3.42. The zero-order valence-corrected chi connectivity index (χ0v) is 12.4. The molecule has 22 heavy (non-hydrogen) atoms. The Hall–Kier alpha value is -1.97. The number of aromatic nitrogens is 4. The van der Waals surface area contributed by atoms with Crippen molar-refractivity contribution in [3.8, 4) is 0 Å². The number of aromatic amines is 1. The highest BCUT2D eigenvalue weighted by Crippen LogP contribution is 2.40. The Morgan fingerprint density at radius 1 is 1.59 bits per heavy atom. The minimum atomic E-state index is -1.54. The highest BCUT2D eigenvalue weighted by Gasteiger charge is 2.53. The lowest BCUT2D eigenvalue weighted by molar-refractivity contribution is -0.0941. The topological polar surface area (TPSA) is 139 Å². The van der Waals surface area contributed by atoms with Crippen LogP contribution in [0.15, 0.2) is 11.1 Å². The molecule has 2 aromatic heterocycles. The second-order valence-electron chi connectivity index (χ2n) is 5.76. The molecule has 5 N–H and O–H groups in total. The molecular weight excluding hydrogens is 290 g/mol. The molecule has 0 aliphatic carbocycles. The van der Waals surface area contributed by atoms with Crippen molar-refractivity contribution in [2.24, 2.45) is 0 Å². The molecule has 0 amide bonds. The lowest BCUT2D eigenvalue weighted by Gasteiger charge is -2.27. The average molecular weight is 309 g/mol.